The van der Waals surface area contributed by atoms with E-state index in [4.69, 9.17) is 11.6 Å². The highest BCUT2D eigenvalue weighted by molar-refractivity contribution is 6.42. The number of carbonyl (C=O) groups is 3. The molecule has 3 amide bonds. The monoisotopic (exact) mass is 492 g/mol. The second-order valence-electron chi connectivity index (χ2n) is 8.20. The molecule has 1 heterocycles. The van der Waals surface area contributed by atoms with Crippen molar-refractivity contribution in [1.29, 1.82) is 0 Å². The van der Waals surface area contributed by atoms with Crippen molar-refractivity contribution in [3.8, 4) is 0 Å². The lowest BCUT2D eigenvalue weighted by molar-refractivity contribution is -0.133. The van der Waals surface area contributed by atoms with Gasteiger partial charge in [-0.25, -0.2) is 9.07 Å². The quantitative estimate of drug-likeness (QED) is 0.337. The molecule has 0 saturated carbocycles. The van der Waals surface area contributed by atoms with E-state index in [9.17, 15) is 18.8 Å². The molecule has 0 spiro atoms. The third-order valence-electron chi connectivity index (χ3n) is 5.43. The van der Waals surface area contributed by atoms with Gasteiger partial charge in [0.15, 0.2) is 0 Å². The molecule has 1 aromatic heterocycles. The zero-order valence-electron chi connectivity index (χ0n) is 19.2. The van der Waals surface area contributed by atoms with E-state index in [2.05, 4.69) is 16.1 Å². The molecule has 0 aliphatic carbocycles. The highest BCUT2D eigenvalue weighted by atomic mass is 35.5. The van der Waals surface area contributed by atoms with Crippen molar-refractivity contribution >= 4 is 51.6 Å². The molecular weight excluding hydrogens is 471 g/mol. The van der Waals surface area contributed by atoms with Crippen LogP contribution in [0.3, 0.4) is 0 Å². The molecule has 0 aliphatic heterocycles. The number of hydrogen-bond acceptors (Lipinski definition) is 3. The Morgan fingerprint density at radius 2 is 1.49 bits per heavy atom. The summed E-state index contributed by atoms with van der Waals surface area (Å²) in [6.45, 7) is 5.63. The van der Waals surface area contributed by atoms with Crippen LogP contribution in [0.15, 0.2) is 60.7 Å². The van der Waals surface area contributed by atoms with Crippen LogP contribution < -0.4 is 16.1 Å². The zero-order valence-corrected chi connectivity index (χ0v) is 20.0. The normalized spacial score (nSPS) is 10.8. The first-order valence-corrected chi connectivity index (χ1v) is 11.1. The molecule has 35 heavy (non-hydrogen) atoms. The molecule has 0 radical (unpaired) electrons. The number of nitrogens with zero attached hydrogens (tertiary/aromatic N) is 1. The minimum atomic E-state index is -0.965. The summed E-state index contributed by atoms with van der Waals surface area (Å²) >= 11 is 6.09. The van der Waals surface area contributed by atoms with Crippen molar-refractivity contribution < 1.29 is 18.8 Å². The second kappa shape index (κ2) is 9.60. The zero-order chi connectivity index (χ0) is 25.3. The van der Waals surface area contributed by atoms with Gasteiger partial charge >= 0.3 is 11.8 Å². The van der Waals surface area contributed by atoms with Gasteiger partial charge in [-0.1, -0.05) is 29.3 Å². The summed E-state index contributed by atoms with van der Waals surface area (Å²) < 4.78 is 14.4. The summed E-state index contributed by atoms with van der Waals surface area (Å²) in [6, 6.07) is 15.5. The van der Waals surface area contributed by atoms with Gasteiger partial charge in [-0.05, 0) is 80.4 Å². The number of aromatic nitrogens is 1. The van der Waals surface area contributed by atoms with E-state index >= 15 is 0 Å². The van der Waals surface area contributed by atoms with Gasteiger partial charge in [-0.3, -0.25) is 19.8 Å². The summed E-state index contributed by atoms with van der Waals surface area (Å²) in [5.41, 5.74) is 6.61. The number of rotatable bonds is 4. The predicted molar refractivity (Wildman–Crippen MR) is 135 cm³/mol. The van der Waals surface area contributed by atoms with Crippen LogP contribution in [-0.4, -0.2) is 22.4 Å². The van der Waals surface area contributed by atoms with Crippen molar-refractivity contribution in [3.63, 3.8) is 0 Å². The molecule has 4 rings (SSSR count). The van der Waals surface area contributed by atoms with Crippen LogP contribution in [0.5, 0.6) is 0 Å². The number of fused-ring (bicyclic) bond motifs is 1. The molecular formula is C26H22ClFN4O3. The van der Waals surface area contributed by atoms with Gasteiger partial charge < -0.3 is 10.6 Å². The maximum atomic E-state index is 13.2. The minimum absolute atomic E-state index is 0.0513. The largest absolute Gasteiger partial charge is 0.328 e. The fourth-order valence-electron chi connectivity index (χ4n) is 3.90. The average molecular weight is 493 g/mol. The predicted octanol–water partition coefficient (Wildman–Crippen LogP) is 5.32. The van der Waals surface area contributed by atoms with E-state index in [1.54, 1.807) is 18.2 Å². The lowest BCUT2D eigenvalue weighted by Gasteiger charge is -2.15. The Balaban J connectivity index is 1.63. The van der Waals surface area contributed by atoms with Gasteiger partial charge in [-0.15, -0.1) is 0 Å². The summed E-state index contributed by atoms with van der Waals surface area (Å²) in [4.78, 5) is 38.6. The third-order valence-corrected chi connectivity index (χ3v) is 5.67. The Bertz CT molecular complexity index is 1460. The Morgan fingerprint density at radius 3 is 2.14 bits per heavy atom. The molecule has 0 unspecified atom stereocenters. The maximum Gasteiger partial charge on any atom is 0.328 e. The molecule has 0 aliphatic rings. The summed E-state index contributed by atoms with van der Waals surface area (Å²) in [5.74, 6) is -2.87. The van der Waals surface area contributed by atoms with Gasteiger partial charge in [0.1, 0.15) is 11.5 Å². The summed E-state index contributed by atoms with van der Waals surface area (Å²) in [7, 11) is 0. The highest BCUT2D eigenvalue weighted by Gasteiger charge is 2.22. The van der Waals surface area contributed by atoms with Crippen LogP contribution in [0.2, 0.25) is 5.02 Å². The van der Waals surface area contributed by atoms with Crippen molar-refractivity contribution in [2.75, 3.05) is 16.1 Å². The first kappa shape index (κ1) is 24.0. The van der Waals surface area contributed by atoms with Crippen LogP contribution in [0.4, 0.5) is 15.8 Å². The van der Waals surface area contributed by atoms with Crippen LogP contribution >= 0.6 is 11.6 Å². The highest BCUT2D eigenvalue weighted by Crippen LogP contribution is 2.24. The van der Waals surface area contributed by atoms with Crippen LogP contribution in [0.25, 0.3) is 10.9 Å². The molecule has 4 aromatic rings. The Kier molecular flexibility index (Phi) is 6.57. The van der Waals surface area contributed by atoms with Crippen molar-refractivity contribution in [1.82, 2.24) is 4.68 Å². The number of benzene rings is 3. The van der Waals surface area contributed by atoms with E-state index in [0.717, 1.165) is 16.7 Å². The van der Waals surface area contributed by atoms with Crippen molar-refractivity contribution in [2.24, 2.45) is 0 Å². The number of amides is 3. The number of aryl methyl sites for hydroxylation is 3. The second-order valence-corrected chi connectivity index (χ2v) is 8.63. The number of hydrogen-bond donors (Lipinski definition) is 3. The van der Waals surface area contributed by atoms with E-state index in [0.29, 0.717) is 27.3 Å². The number of nitrogens with one attached hydrogen (secondary N) is 3. The molecule has 178 valence electrons. The molecule has 0 fully saturated rings. The van der Waals surface area contributed by atoms with Gasteiger partial charge in [0.2, 0.25) is 0 Å². The molecule has 7 nitrogen and oxygen atoms in total. The molecule has 0 saturated heterocycles. The smallest absolute Gasteiger partial charge is 0.321 e. The first-order valence-electron chi connectivity index (χ1n) is 10.7. The van der Waals surface area contributed by atoms with E-state index in [1.165, 1.54) is 35.0 Å². The third kappa shape index (κ3) is 5.17. The fourth-order valence-corrected chi connectivity index (χ4v) is 4.08. The number of carbonyl (C=O) groups excluding carboxylic acids is 3. The van der Waals surface area contributed by atoms with Gasteiger partial charge in [-0.2, -0.15) is 0 Å². The van der Waals surface area contributed by atoms with Gasteiger partial charge in [0.05, 0.1) is 5.52 Å². The minimum Gasteiger partial charge on any atom is -0.321 e. The average Bonchev–Trinajstić information content (AvgIpc) is 3.14. The van der Waals surface area contributed by atoms with E-state index < -0.39 is 23.5 Å². The van der Waals surface area contributed by atoms with E-state index in [-0.39, 0.29) is 5.69 Å². The topological polar surface area (TPSA) is 92.2 Å². The summed E-state index contributed by atoms with van der Waals surface area (Å²) in [6.07, 6.45) is 0. The standard InChI is InChI=1S/C26H22ClFN4O3/c1-14-10-15(2)23(16(3)11-14)30-25(34)26(35)31-32-21-9-4-18(27)12-17(21)13-22(32)24(33)29-20-7-5-19(28)6-8-20/h4-13H,1-3H3,(H,29,33)(H,30,34)(H,31,35). The summed E-state index contributed by atoms with van der Waals surface area (Å²) in [5, 5.41) is 6.32. The number of halogens is 2. The molecule has 3 aromatic carbocycles. The molecule has 9 heteroatoms. The Labute approximate surface area is 205 Å². The van der Waals surface area contributed by atoms with Crippen LogP contribution in [-0.2, 0) is 9.59 Å². The SMILES string of the molecule is Cc1cc(C)c(NC(=O)C(=O)Nn2c(C(=O)Nc3ccc(F)cc3)cc3cc(Cl)ccc32)c(C)c1. The van der Waals surface area contributed by atoms with E-state index in [1.807, 2.05) is 32.9 Å². The van der Waals surface area contributed by atoms with Crippen LogP contribution in [0, 0.1) is 26.6 Å². The molecule has 0 bridgehead atoms. The van der Waals surface area contributed by atoms with Crippen LogP contribution in [0.1, 0.15) is 27.2 Å². The van der Waals surface area contributed by atoms with Gasteiger partial charge in [0, 0.05) is 21.8 Å². The number of anilines is 2. The first-order chi connectivity index (χ1) is 16.6. The Hall–Kier alpha value is -4.17. The van der Waals surface area contributed by atoms with Gasteiger partial charge in [0.25, 0.3) is 5.91 Å². The molecule has 0 atom stereocenters. The molecule has 3 N–H and O–H groups in total. The lowest BCUT2D eigenvalue weighted by Crippen LogP contribution is -2.36. The maximum absolute atomic E-state index is 13.2. The lowest BCUT2D eigenvalue weighted by atomic mass is 10.1. The fraction of sp³-hybridized carbons (Fsp3) is 0.115. The Morgan fingerprint density at radius 1 is 0.829 bits per heavy atom. The van der Waals surface area contributed by atoms with Crippen molar-refractivity contribution in [2.45, 2.75) is 20.8 Å². The van der Waals surface area contributed by atoms with Crippen molar-refractivity contribution in [3.05, 3.63) is 93.9 Å².